The standard InChI is InChI=1S/C17H22N2O2.H4O7P2.H2O/c1-12-4-2-6-15-16(12)10-13(18-17(15)21)7-9-19-8-3-5-14(19)11-20;1-8(2,3)7-9(4,5)6;/h2,4,6,10,14,20H,3,5,7-9,11H2,1H3,(H,18,21);(H2,1,2,3)(H2,4,5,6);1H2/t14-;;/m1../s1. The van der Waals surface area contributed by atoms with Gasteiger partial charge in [-0.3, -0.25) is 9.69 Å². The third kappa shape index (κ3) is 8.91. The maximum atomic E-state index is 12.2. The van der Waals surface area contributed by atoms with Gasteiger partial charge in [0.15, 0.2) is 0 Å². The summed E-state index contributed by atoms with van der Waals surface area (Å²) in [5, 5.41) is 11.2. The van der Waals surface area contributed by atoms with Crippen molar-refractivity contribution in [1.29, 1.82) is 0 Å². The van der Waals surface area contributed by atoms with Crippen LogP contribution in [0.2, 0.25) is 0 Å². The van der Waals surface area contributed by atoms with Crippen molar-refractivity contribution in [3.63, 3.8) is 0 Å². The SMILES string of the molecule is Cc1cccc2c(=O)[nH]c(CCN3CCC[C@@H]3CO)cc12.O.O=P(O)(O)OP(=O)(O)O. The van der Waals surface area contributed by atoms with E-state index in [1.54, 1.807) is 0 Å². The molecule has 0 bridgehead atoms. The number of aliphatic hydroxyl groups is 1. The number of aromatic nitrogens is 1. The molecule has 1 atom stereocenters. The molecule has 1 saturated heterocycles. The van der Waals surface area contributed by atoms with E-state index in [2.05, 4.69) is 20.3 Å². The van der Waals surface area contributed by atoms with E-state index >= 15 is 0 Å². The van der Waals surface area contributed by atoms with Crippen molar-refractivity contribution in [2.24, 2.45) is 0 Å². The number of nitrogens with zero attached hydrogens (tertiary/aromatic N) is 1. The number of aryl methyl sites for hydroxylation is 1. The topological polar surface area (TPSA) is 212 Å². The van der Waals surface area contributed by atoms with E-state index in [0.717, 1.165) is 54.4 Å². The first-order valence-corrected chi connectivity index (χ1v) is 12.2. The van der Waals surface area contributed by atoms with Gasteiger partial charge in [-0.05, 0) is 49.4 Å². The Bertz CT molecular complexity index is 996. The zero-order valence-electron chi connectivity index (χ0n) is 16.8. The molecule has 1 aromatic carbocycles. The van der Waals surface area contributed by atoms with Crippen molar-refractivity contribution in [2.75, 3.05) is 19.7 Å². The molecule has 12 nitrogen and oxygen atoms in total. The van der Waals surface area contributed by atoms with E-state index in [4.69, 9.17) is 19.6 Å². The highest BCUT2D eigenvalue weighted by Gasteiger charge is 2.28. The van der Waals surface area contributed by atoms with Crippen LogP contribution < -0.4 is 5.56 Å². The number of H-pyrrole nitrogens is 1. The van der Waals surface area contributed by atoms with Crippen LogP contribution in [0.5, 0.6) is 0 Å². The maximum absolute atomic E-state index is 12.2. The zero-order valence-corrected chi connectivity index (χ0v) is 18.6. The summed E-state index contributed by atoms with van der Waals surface area (Å²) >= 11 is 0. The number of hydrogen-bond acceptors (Lipinski definition) is 6. The van der Waals surface area contributed by atoms with Gasteiger partial charge >= 0.3 is 15.6 Å². The minimum absolute atomic E-state index is 0. The number of phosphoric acid groups is 2. The molecule has 0 unspecified atom stereocenters. The summed E-state index contributed by atoms with van der Waals surface area (Å²) in [4.78, 5) is 48.5. The van der Waals surface area contributed by atoms with Crippen LogP contribution in [0.25, 0.3) is 10.8 Å². The smallest absolute Gasteiger partial charge is 0.412 e. The zero-order chi connectivity index (χ0) is 22.5. The Kier molecular flexibility index (Phi) is 10.2. The molecular weight excluding hydrogens is 454 g/mol. The average molecular weight is 482 g/mol. The molecule has 8 N–H and O–H groups in total. The van der Waals surface area contributed by atoms with Crippen molar-refractivity contribution in [2.45, 2.75) is 32.2 Å². The maximum Gasteiger partial charge on any atom is 0.478 e. The Morgan fingerprint density at radius 1 is 1.16 bits per heavy atom. The quantitative estimate of drug-likeness (QED) is 0.308. The first-order chi connectivity index (χ1) is 13.9. The molecule has 0 saturated carbocycles. The second kappa shape index (κ2) is 11.4. The van der Waals surface area contributed by atoms with Crippen LogP contribution >= 0.6 is 15.6 Å². The van der Waals surface area contributed by atoms with Gasteiger partial charge in [-0.2, -0.15) is 4.31 Å². The molecular formula is C17H28N2O10P2. The van der Waals surface area contributed by atoms with Crippen LogP contribution in [0.15, 0.2) is 29.1 Å². The Balaban J connectivity index is 0.000000413. The van der Waals surface area contributed by atoms with Gasteiger partial charge in [-0.25, -0.2) is 9.13 Å². The normalized spacial score (nSPS) is 17.2. The van der Waals surface area contributed by atoms with Gasteiger partial charge in [-0.1, -0.05) is 12.1 Å². The fourth-order valence-electron chi connectivity index (χ4n) is 3.43. The minimum Gasteiger partial charge on any atom is -0.412 e. The predicted octanol–water partition coefficient (Wildman–Crippen LogP) is 0.199. The van der Waals surface area contributed by atoms with Crippen molar-refractivity contribution in [3.05, 3.63) is 45.9 Å². The van der Waals surface area contributed by atoms with Gasteiger partial charge in [0.05, 0.1) is 6.61 Å². The van der Waals surface area contributed by atoms with Crippen LogP contribution in [0, 0.1) is 6.92 Å². The minimum atomic E-state index is -5.05. The Morgan fingerprint density at radius 2 is 1.81 bits per heavy atom. The summed E-state index contributed by atoms with van der Waals surface area (Å²) in [6.45, 7) is 4.20. The summed E-state index contributed by atoms with van der Waals surface area (Å²) < 4.78 is 22.2. The number of likely N-dealkylation sites (tertiary alicyclic amines) is 1. The van der Waals surface area contributed by atoms with E-state index in [1.165, 1.54) is 0 Å². The molecule has 0 aliphatic carbocycles. The van der Waals surface area contributed by atoms with Crippen LogP contribution in [0.1, 0.15) is 24.1 Å². The van der Waals surface area contributed by atoms with Gasteiger partial charge in [0.25, 0.3) is 5.56 Å². The molecule has 0 amide bonds. The molecule has 1 aliphatic rings. The van der Waals surface area contributed by atoms with Gasteiger partial charge < -0.3 is 35.1 Å². The summed E-state index contributed by atoms with van der Waals surface area (Å²) in [5.74, 6) is 0. The molecule has 0 radical (unpaired) electrons. The number of aromatic amines is 1. The van der Waals surface area contributed by atoms with Crippen LogP contribution in [-0.2, 0) is 19.9 Å². The predicted molar refractivity (Wildman–Crippen MR) is 113 cm³/mol. The van der Waals surface area contributed by atoms with E-state index in [0.29, 0.717) is 6.04 Å². The molecule has 2 heterocycles. The monoisotopic (exact) mass is 482 g/mol. The van der Waals surface area contributed by atoms with E-state index in [9.17, 15) is 19.0 Å². The Hall–Kier alpha value is -1.43. The summed E-state index contributed by atoms with van der Waals surface area (Å²) in [6, 6.07) is 8.21. The van der Waals surface area contributed by atoms with Gasteiger partial charge in [0.2, 0.25) is 0 Å². The molecule has 176 valence electrons. The molecule has 1 aromatic heterocycles. The second-order valence-corrected chi connectivity index (χ2v) is 9.60. The Morgan fingerprint density at radius 3 is 2.35 bits per heavy atom. The highest BCUT2D eigenvalue weighted by atomic mass is 31.3. The lowest BCUT2D eigenvalue weighted by Gasteiger charge is -2.22. The van der Waals surface area contributed by atoms with Crippen LogP contribution in [0.4, 0.5) is 0 Å². The Labute approximate surface area is 178 Å². The van der Waals surface area contributed by atoms with Gasteiger partial charge in [0, 0.05) is 30.1 Å². The first kappa shape index (κ1) is 27.6. The van der Waals surface area contributed by atoms with E-state index in [1.807, 2.05) is 25.1 Å². The first-order valence-electron chi connectivity index (χ1n) is 9.18. The number of aliphatic hydroxyl groups excluding tert-OH is 1. The number of fused-ring (bicyclic) bond motifs is 1. The fourth-order valence-corrected chi connectivity index (χ4v) is 4.54. The molecule has 0 spiro atoms. The molecule has 14 heteroatoms. The molecule has 2 aromatic rings. The third-order valence-electron chi connectivity index (χ3n) is 4.75. The molecule has 1 aliphatic heterocycles. The van der Waals surface area contributed by atoms with Gasteiger partial charge in [-0.15, -0.1) is 0 Å². The van der Waals surface area contributed by atoms with E-state index in [-0.39, 0.29) is 17.6 Å². The summed E-state index contributed by atoms with van der Waals surface area (Å²) in [5.41, 5.74) is 2.10. The fraction of sp³-hybridized carbons (Fsp3) is 0.471. The number of nitrogens with one attached hydrogen (secondary N) is 1. The second-order valence-electron chi connectivity index (χ2n) is 6.99. The number of benzene rings is 1. The van der Waals surface area contributed by atoms with Crippen molar-refractivity contribution in [3.8, 4) is 0 Å². The lowest BCUT2D eigenvalue weighted by Crippen LogP contribution is -2.34. The lowest BCUT2D eigenvalue weighted by atomic mass is 10.1. The highest BCUT2D eigenvalue weighted by Crippen LogP contribution is 2.53. The summed E-state index contributed by atoms with van der Waals surface area (Å²) in [6.07, 6.45) is 3.04. The highest BCUT2D eigenvalue weighted by molar-refractivity contribution is 7.60. The largest absolute Gasteiger partial charge is 0.478 e. The van der Waals surface area contributed by atoms with Crippen LogP contribution in [0.3, 0.4) is 0 Å². The number of rotatable bonds is 6. The van der Waals surface area contributed by atoms with E-state index < -0.39 is 15.6 Å². The summed E-state index contributed by atoms with van der Waals surface area (Å²) in [7, 11) is -10.1. The molecule has 1 fully saturated rings. The molecule has 3 rings (SSSR count). The average Bonchev–Trinajstić information content (AvgIpc) is 3.06. The molecule has 31 heavy (non-hydrogen) atoms. The van der Waals surface area contributed by atoms with Crippen molar-refractivity contribution in [1.82, 2.24) is 9.88 Å². The van der Waals surface area contributed by atoms with Crippen LogP contribution in [-0.4, -0.2) is 65.8 Å². The number of hydrogen-bond donors (Lipinski definition) is 6. The van der Waals surface area contributed by atoms with Gasteiger partial charge in [0.1, 0.15) is 0 Å². The number of pyridine rings is 1. The van der Waals surface area contributed by atoms with Crippen molar-refractivity contribution >= 4 is 26.4 Å². The lowest BCUT2D eigenvalue weighted by molar-refractivity contribution is 0.160. The third-order valence-corrected chi connectivity index (χ3v) is 6.45. The van der Waals surface area contributed by atoms with Crippen molar-refractivity contribution < 1.29 is 43.6 Å².